The molecule has 1 rings (SSSR count). The summed E-state index contributed by atoms with van der Waals surface area (Å²) in [7, 11) is -4.52. The van der Waals surface area contributed by atoms with Crippen LogP contribution < -0.4 is 5.73 Å². The number of carbonyl (C=O) groups excluding carboxylic acids is 2. The maximum absolute atomic E-state index is 11.6. The number of hydrogen-bond donors (Lipinski definition) is 2. The van der Waals surface area contributed by atoms with Gasteiger partial charge in [-0.3, -0.25) is 14.1 Å². The monoisotopic (exact) mass is 296 g/mol. The number of benzene rings is 1. The molecule has 1 aromatic rings. The van der Waals surface area contributed by atoms with Crippen molar-refractivity contribution in [2.45, 2.75) is 18.2 Å². The Morgan fingerprint density at radius 1 is 1.33 bits per heavy atom. The molecule has 0 saturated carbocycles. The molecule has 0 spiro atoms. The minimum atomic E-state index is -4.52. The Kier molecular flexibility index (Phi) is 6.86. The van der Waals surface area contributed by atoms with Gasteiger partial charge in [0.1, 0.15) is 10.7 Å². The molecule has 8 heteroatoms. The van der Waals surface area contributed by atoms with Gasteiger partial charge in [0.25, 0.3) is 10.1 Å². The molecule has 18 heavy (non-hydrogen) atoms. The predicted molar refractivity (Wildman–Crippen MR) is 66.1 cm³/mol. The van der Waals surface area contributed by atoms with Crippen LogP contribution in [-0.2, 0) is 14.9 Å². The number of rotatable bonds is 4. The molecule has 0 atom stereocenters. The number of Topliss-reactive ketones (excluding diaryl/α,β-unsaturated/α-hetero) is 2. The van der Waals surface area contributed by atoms with Crippen molar-refractivity contribution in [1.82, 2.24) is 0 Å². The molecule has 0 unspecified atom stereocenters. The second-order valence-corrected chi connectivity index (χ2v) is 4.92. The molecule has 0 fully saturated rings. The van der Waals surface area contributed by atoms with Crippen molar-refractivity contribution in [3.63, 3.8) is 0 Å². The first-order valence-corrected chi connectivity index (χ1v) is 6.05. The second kappa shape index (κ2) is 6.90. The van der Waals surface area contributed by atoms with Crippen LogP contribution in [0, 0.1) is 0 Å². The van der Waals surface area contributed by atoms with E-state index in [1.165, 1.54) is 13.0 Å². The van der Waals surface area contributed by atoms with Gasteiger partial charge in [-0.15, -0.1) is 0 Å². The van der Waals surface area contributed by atoms with Gasteiger partial charge in [-0.25, -0.2) is 0 Å². The Morgan fingerprint density at radius 2 is 1.89 bits per heavy atom. The molecule has 0 aliphatic rings. The molecule has 1 aromatic carbocycles. The van der Waals surface area contributed by atoms with Gasteiger partial charge in [0, 0.05) is 62.6 Å². The Bertz CT molecular complexity index is 582. The fourth-order valence-electron chi connectivity index (χ4n) is 1.31. The van der Waals surface area contributed by atoms with E-state index >= 15 is 0 Å². The van der Waals surface area contributed by atoms with E-state index in [2.05, 4.69) is 0 Å². The molecular weight excluding hydrogens is 285 g/mol. The molecule has 6 nitrogen and oxygen atoms in total. The van der Waals surface area contributed by atoms with E-state index in [9.17, 15) is 18.0 Å². The molecule has 0 heterocycles. The Hall–Kier alpha value is -0.0936. The summed E-state index contributed by atoms with van der Waals surface area (Å²) in [5.74, 6) is -1.10. The van der Waals surface area contributed by atoms with Gasteiger partial charge in [0.15, 0.2) is 5.78 Å². The van der Waals surface area contributed by atoms with Gasteiger partial charge < -0.3 is 5.73 Å². The Balaban J connectivity index is 0.00000289. The molecule has 0 saturated heterocycles. The molecule has 93 valence electrons. The first kappa shape index (κ1) is 17.9. The fraction of sp³-hybridized carbons (Fsp3) is 0.200. The third-order valence-corrected chi connectivity index (χ3v) is 2.90. The summed E-state index contributed by atoms with van der Waals surface area (Å²) in [4.78, 5) is 21.9. The molecule has 0 aliphatic carbocycles. The molecule has 0 aromatic heterocycles. The van der Waals surface area contributed by atoms with Crippen LogP contribution in [0.1, 0.15) is 23.7 Å². The van der Waals surface area contributed by atoms with Crippen molar-refractivity contribution >= 4 is 78.8 Å². The normalized spacial score (nSPS) is 10.6. The number of hydrogen-bond acceptors (Lipinski definition) is 5. The van der Waals surface area contributed by atoms with E-state index in [0.717, 1.165) is 12.1 Å². The average molecular weight is 296 g/mol. The van der Waals surface area contributed by atoms with Crippen LogP contribution in [0.25, 0.3) is 0 Å². The molecule has 0 aliphatic heterocycles. The topological polar surface area (TPSA) is 115 Å². The summed E-state index contributed by atoms with van der Waals surface area (Å²) >= 11 is 0. The van der Waals surface area contributed by atoms with Crippen molar-refractivity contribution in [3.8, 4) is 0 Å². The summed E-state index contributed by atoms with van der Waals surface area (Å²) in [6, 6.07) is 3.39. The molecular formula is C10H11KNO5S. The second-order valence-electron chi connectivity index (χ2n) is 3.53. The summed E-state index contributed by atoms with van der Waals surface area (Å²) in [6.45, 7) is 1.21. The fourth-order valence-corrected chi connectivity index (χ4v) is 2.00. The minimum absolute atomic E-state index is 0. The van der Waals surface area contributed by atoms with Crippen molar-refractivity contribution in [1.29, 1.82) is 0 Å². The molecule has 1 radical (unpaired) electrons. The van der Waals surface area contributed by atoms with Crippen molar-refractivity contribution < 1.29 is 22.6 Å². The van der Waals surface area contributed by atoms with E-state index in [1.807, 2.05) is 0 Å². The van der Waals surface area contributed by atoms with Crippen LogP contribution in [0.4, 0.5) is 5.69 Å². The van der Waals surface area contributed by atoms with E-state index < -0.39 is 33.0 Å². The Morgan fingerprint density at radius 3 is 2.33 bits per heavy atom. The van der Waals surface area contributed by atoms with Crippen LogP contribution in [0.3, 0.4) is 0 Å². The number of anilines is 1. The minimum Gasteiger partial charge on any atom is -0.399 e. The third-order valence-electron chi connectivity index (χ3n) is 1.99. The van der Waals surface area contributed by atoms with Crippen LogP contribution in [-0.4, -0.2) is 75.9 Å². The maximum atomic E-state index is 11.6. The van der Waals surface area contributed by atoms with Gasteiger partial charge in [-0.05, 0) is 25.1 Å². The van der Waals surface area contributed by atoms with Gasteiger partial charge in [0.2, 0.25) is 0 Å². The zero-order chi connectivity index (χ0) is 13.2. The van der Waals surface area contributed by atoms with E-state index in [-0.39, 0.29) is 62.6 Å². The first-order chi connectivity index (χ1) is 7.71. The van der Waals surface area contributed by atoms with E-state index in [4.69, 9.17) is 10.3 Å². The zero-order valence-corrected chi connectivity index (χ0v) is 13.9. The predicted octanol–water partition coefficient (Wildman–Crippen LogP) is 0.297. The van der Waals surface area contributed by atoms with Crippen LogP contribution in [0.5, 0.6) is 0 Å². The number of nitrogens with two attached hydrogens (primary N) is 1. The number of nitrogen functional groups attached to an aromatic ring is 1. The van der Waals surface area contributed by atoms with Crippen LogP contribution in [0.2, 0.25) is 0 Å². The quantitative estimate of drug-likeness (QED) is 0.271. The summed E-state index contributed by atoms with van der Waals surface area (Å²) in [6.07, 6.45) is -0.439. The van der Waals surface area contributed by atoms with Crippen molar-refractivity contribution in [2.75, 3.05) is 5.73 Å². The largest absolute Gasteiger partial charge is 0.399 e. The van der Waals surface area contributed by atoms with Crippen LogP contribution in [0.15, 0.2) is 23.1 Å². The summed E-state index contributed by atoms with van der Waals surface area (Å²) in [5, 5.41) is 0. The van der Waals surface area contributed by atoms with Crippen molar-refractivity contribution in [3.05, 3.63) is 23.8 Å². The third kappa shape index (κ3) is 4.88. The molecule has 0 bridgehead atoms. The standard InChI is InChI=1S/C10H11NO5S.K/c1-6(12)4-9(13)8-5-7(11)2-3-10(8)17(14,15)16;/h2-3,5H,4,11H2,1H3,(H,14,15,16);. The maximum Gasteiger partial charge on any atom is 0.295 e. The van der Waals surface area contributed by atoms with Gasteiger partial charge in [-0.1, -0.05) is 0 Å². The van der Waals surface area contributed by atoms with E-state index in [1.54, 1.807) is 0 Å². The van der Waals surface area contributed by atoms with Crippen LogP contribution >= 0.6 is 0 Å². The van der Waals surface area contributed by atoms with Gasteiger partial charge in [0.05, 0.1) is 6.42 Å². The number of ketones is 2. The first-order valence-electron chi connectivity index (χ1n) is 4.61. The average Bonchev–Trinajstić information content (AvgIpc) is 2.14. The number of carbonyl (C=O) groups is 2. The molecule has 3 N–H and O–H groups in total. The molecule has 0 amide bonds. The van der Waals surface area contributed by atoms with Gasteiger partial charge >= 0.3 is 0 Å². The van der Waals surface area contributed by atoms with E-state index in [0.29, 0.717) is 0 Å². The zero-order valence-electron chi connectivity index (χ0n) is 10.0. The van der Waals surface area contributed by atoms with Crippen molar-refractivity contribution in [2.24, 2.45) is 0 Å². The smallest absolute Gasteiger partial charge is 0.295 e. The summed E-state index contributed by atoms with van der Waals surface area (Å²) in [5.41, 5.74) is 5.32. The SMILES string of the molecule is CC(=O)CC(=O)c1cc(N)ccc1S(=O)(=O)O.[K]. The summed E-state index contributed by atoms with van der Waals surface area (Å²) < 4.78 is 31.0. The Labute approximate surface area is 147 Å². The van der Waals surface area contributed by atoms with Gasteiger partial charge in [-0.2, -0.15) is 8.42 Å².